The lowest BCUT2D eigenvalue weighted by molar-refractivity contribution is -0.0677. The molecule has 0 spiro atoms. The van der Waals surface area contributed by atoms with Crippen LogP contribution in [-0.4, -0.2) is 52.2 Å². The summed E-state index contributed by atoms with van der Waals surface area (Å²) >= 11 is 0. The monoisotopic (exact) mass is 340 g/mol. The first kappa shape index (κ1) is 16.1. The average molecular weight is 340 g/mol. The van der Waals surface area contributed by atoms with Crippen LogP contribution in [0.2, 0.25) is 0 Å². The molecule has 0 aromatic carbocycles. The molecule has 4 rings (SSSR count). The molecule has 2 saturated heterocycles. The van der Waals surface area contributed by atoms with Crippen molar-refractivity contribution in [1.29, 1.82) is 0 Å². The SMILES string of the molecule is Cn1cccc1C(=O)N1C[C@@H]2CCCO[C@@H]2[C@H](Nc2ccccn2)C1. The molecule has 0 radical (unpaired) electrons. The Hall–Kier alpha value is -2.34. The van der Waals surface area contributed by atoms with Crippen molar-refractivity contribution in [2.24, 2.45) is 13.0 Å². The van der Waals surface area contributed by atoms with Crippen LogP contribution in [0.3, 0.4) is 0 Å². The molecule has 3 atom stereocenters. The Morgan fingerprint density at radius 1 is 1.28 bits per heavy atom. The van der Waals surface area contributed by atoms with Gasteiger partial charge in [0.05, 0.1) is 12.1 Å². The van der Waals surface area contributed by atoms with Gasteiger partial charge in [0, 0.05) is 45.1 Å². The molecular formula is C19H24N4O2. The van der Waals surface area contributed by atoms with Crippen molar-refractivity contribution in [3.8, 4) is 0 Å². The summed E-state index contributed by atoms with van der Waals surface area (Å²) < 4.78 is 7.96. The minimum absolute atomic E-state index is 0.0539. The lowest BCUT2D eigenvalue weighted by atomic mass is 9.85. The molecule has 25 heavy (non-hydrogen) atoms. The number of likely N-dealkylation sites (tertiary alicyclic amines) is 1. The summed E-state index contributed by atoms with van der Waals surface area (Å²) in [6.07, 6.45) is 5.98. The summed E-state index contributed by atoms with van der Waals surface area (Å²) in [5.74, 6) is 1.28. The van der Waals surface area contributed by atoms with E-state index >= 15 is 0 Å². The van der Waals surface area contributed by atoms with Gasteiger partial charge in [-0.1, -0.05) is 6.07 Å². The van der Waals surface area contributed by atoms with Gasteiger partial charge in [0.25, 0.3) is 5.91 Å². The number of aromatic nitrogens is 2. The number of hydrogen-bond donors (Lipinski definition) is 1. The highest BCUT2D eigenvalue weighted by molar-refractivity contribution is 5.93. The molecule has 0 saturated carbocycles. The number of fused-ring (bicyclic) bond motifs is 1. The van der Waals surface area contributed by atoms with Gasteiger partial charge in [-0.3, -0.25) is 4.79 Å². The summed E-state index contributed by atoms with van der Waals surface area (Å²) in [7, 11) is 1.91. The zero-order valence-electron chi connectivity index (χ0n) is 14.5. The number of anilines is 1. The van der Waals surface area contributed by atoms with Gasteiger partial charge >= 0.3 is 0 Å². The number of nitrogens with one attached hydrogen (secondary N) is 1. The van der Waals surface area contributed by atoms with Crippen LogP contribution in [0.4, 0.5) is 5.82 Å². The van der Waals surface area contributed by atoms with Gasteiger partial charge in [-0.25, -0.2) is 4.98 Å². The van der Waals surface area contributed by atoms with Gasteiger partial charge in [0.15, 0.2) is 0 Å². The number of aryl methyl sites for hydroxylation is 1. The molecule has 2 aromatic rings. The zero-order chi connectivity index (χ0) is 17.2. The summed E-state index contributed by atoms with van der Waals surface area (Å²) in [5, 5.41) is 3.49. The van der Waals surface area contributed by atoms with Gasteiger partial charge in [0.1, 0.15) is 11.5 Å². The second-order valence-electron chi connectivity index (χ2n) is 6.92. The molecule has 2 aliphatic rings. The van der Waals surface area contributed by atoms with E-state index in [9.17, 15) is 4.79 Å². The van der Waals surface area contributed by atoms with Crippen molar-refractivity contribution in [3.63, 3.8) is 0 Å². The van der Waals surface area contributed by atoms with Gasteiger partial charge in [-0.2, -0.15) is 0 Å². The van der Waals surface area contributed by atoms with Crippen LogP contribution in [-0.2, 0) is 11.8 Å². The predicted octanol–water partition coefficient (Wildman–Crippen LogP) is 2.15. The van der Waals surface area contributed by atoms with E-state index in [1.807, 2.05) is 53.0 Å². The third-order valence-electron chi connectivity index (χ3n) is 5.21. The standard InChI is InChI=1S/C19H24N4O2/c1-22-10-4-7-16(22)19(24)23-12-14-6-5-11-25-18(14)15(13-23)21-17-8-2-3-9-20-17/h2-4,7-10,14-15,18H,5-6,11-13H2,1H3,(H,20,21)/t14-,15+,18-/m0/s1. The largest absolute Gasteiger partial charge is 0.376 e. The molecule has 132 valence electrons. The van der Waals surface area contributed by atoms with E-state index in [1.165, 1.54) is 0 Å². The van der Waals surface area contributed by atoms with Crippen LogP contribution >= 0.6 is 0 Å². The smallest absolute Gasteiger partial charge is 0.270 e. The van der Waals surface area contributed by atoms with Gasteiger partial charge < -0.3 is 19.5 Å². The van der Waals surface area contributed by atoms with Crippen molar-refractivity contribution in [3.05, 3.63) is 48.4 Å². The van der Waals surface area contributed by atoms with Crippen LogP contribution in [0.15, 0.2) is 42.7 Å². The quantitative estimate of drug-likeness (QED) is 0.930. The number of ether oxygens (including phenoxy) is 1. The van der Waals surface area contributed by atoms with E-state index in [1.54, 1.807) is 6.20 Å². The van der Waals surface area contributed by atoms with Crippen molar-refractivity contribution in [1.82, 2.24) is 14.5 Å². The van der Waals surface area contributed by atoms with Crippen molar-refractivity contribution in [2.75, 3.05) is 25.0 Å². The Morgan fingerprint density at radius 2 is 2.20 bits per heavy atom. The van der Waals surface area contributed by atoms with E-state index in [2.05, 4.69) is 10.3 Å². The molecule has 4 heterocycles. The Kier molecular flexibility index (Phi) is 4.44. The van der Waals surface area contributed by atoms with Crippen LogP contribution in [0.25, 0.3) is 0 Å². The second kappa shape index (κ2) is 6.88. The average Bonchev–Trinajstić information content (AvgIpc) is 3.08. The number of carbonyl (C=O) groups is 1. The predicted molar refractivity (Wildman–Crippen MR) is 95.4 cm³/mol. The summed E-state index contributed by atoms with van der Waals surface area (Å²) in [6.45, 7) is 2.18. The fraction of sp³-hybridized carbons (Fsp3) is 0.474. The molecule has 2 aliphatic heterocycles. The minimum Gasteiger partial charge on any atom is -0.376 e. The first-order valence-corrected chi connectivity index (χ1v) is 8.92. The van der Waals surface area contributed by atoms with Gasteiger partial charge in [-0.15, -0.1) is 0 Å². The van der Waals surface area contributed by atoms with Gasteiger partial charge in [-0.05, 0) is 37.1 Å². The molecule has 0 aliphatic carbocycles. The molecule has 1 N–H and O–H groups in total. The lowest BCUT2D eigenvalue weighted by Gasteiger charge is -2.46. The van der Waals surface area contributed by atoms with Crippen molar-refractivity contribution >= 4 is 11.7 Å². The molecule has 2 aromatic heterocycles. The number of amides is 1. The fourth-order valence-electron chi connectivity index (χ4n) is 3.98. The second-order valence-corrected chi connectivity index (χ2v) is 6.92. The number of piperidine rings is 1. The van der Waals surface area contributed by atoms with E-state index in [0.29, 0.717) is 12.5 Å². The Balaban J connectivity index is 1.56. The molecule has 6 heteroatoms. The topological polar surface area (TPSA) is 59.4 Å². The zero-order valence-corrected chi connectivity index (χ0v) is 14.5. The third-order valence-corrected chi connectivity index (χ3v) is 5.21. The van der Waals surface area contributed by atoms with Crippen molar-refractivity contribution in [2.45, 2.75) is 25.0 Å². The Labute approximate surface area is 147 Å². The minimum atomic E-state index is 0.0539. The Morgan fingerprint density at radius 3 is 2.96 bits per heavy atom. The van der Waals surface area contributed by atoms with Crippen molar-refractivity contribution < 1.29 is 9.53 Å². The van der Waals surface area contributed by atoms with E-state index in [4.69, 9.17) is 4.74 Å². The summed E-state index contributed by atoms with van der Waals surface area (Å²) in [4.78, 5) is 19.3. The van der Waals surface area contributed by atoms with Gasteiger partial charge in [0.2, 0.25) is 0 Å². The maximum absolute atomic E-state index is 13.0. The first-order valence-electron chi connectivity index (χ1n) is 8.92. The molecule has 2 fully saturated rings. The Bertz CT molecular complexity index is 730. The molecule has 0 unspecified atom stereocenters. The summed E-state index contributed by atoms with van der Waals surface area (Å²) in [5.41, 5.74) is 0.728. The number of pyridine rings is 1. The van der Waals surface area contributed by atoms with Crippen LogP contribution in [0.5, 0.6) is 0 Å². The molecule has 1 amide bonds. The highest BCUT2D eigenvalue weighted by atomic mass is 16.5. The molecule has 0 bridgehead atoms. The van der Waals surface area contributed by atoms with E-state index in [-0.39, 0.29) is 18.1 Å². The fourth-order valence-corrected chi connectivity index (χ4v) is 3.98. The van der Waals surface area contributed by atoms with E-state index < -0.39 is 0 Å². The first-order chi connectivity index (χ1) is 12.2. The van der Waals surface area contributed by atoms with E-state index in [0.717, 1.165) is 37.5 Å². The lowest BCUT2D eigenvalue weighted by Crippen LogP contribution is -2.59. The number of rotatable bonds is 3. The van der Waals surface area contributed by atoms with Crippen LogP contribution in [0, 0.1) is 5.92 Å². The highest BCUT2D eigenvalue weighted by Gasteiger charge is 2.41. The highest BCUT2D eigenvalue weighted by Crippen LogP contribution is 2.30. The normalized spacial score (nSPS) is 26.1. The van der Waals surface area contributed by atoms with Crippen LogP contribution in [0.1, 0.15) is 23.3 Å². The molecule has 6 nitrogen and oxygen atoms in total. The maximum Gasteiger partial charge on any atom is 0.270 e. The number of nitrogens with zero attached hydrogens (tertiary/aromatic N) is 3. The summed E-state index contributed by atoms with van der Waals surface area (Å²) in [6, 6.07) is 9.66. The maximum atomic E-state index is 13.0. The van der Waals surface area contributed by atoms with Crippen LogP contribution < -0.4 is 5.32 Å². The number of carbonyl (C=O) groups excluding carboxylic acids is 1. The number of hydrogen-bond acceptors (Lipinski definition) is 4. The molecular weight excluding hydrogens is 316 g/mol. The third kappa shape index (κ3) is 3.26.